The number of fused-ring (bicyclic) bond motifs is 8. The molecular formula is C41H42N4O9. The average molecular weight is 735 g/mol. The first-order chi connectivity index (χ1) is 25.8. The van der Waals surface area contributed by atoms with Crippen LogP contribution in [-0.2, 0) is 38.1 Å². The first-order valence-corrected chi connectivity index (χ1v) is 17.4. The molecule has 1 aliphatic carbocycles. The van der Waals surface area contributed by atoms with Gasteiger partial charge in [-0.2, -0.15) is 0 Å². The number of aliphatic hydroxyl groups is 1. The van der Waals surface area contributed by atoms with Crippen LogP contribution in [0.1, 0.15) is 53.4 Å². The summed E-state index contributed by atoms with van der Waals surface area (Å²) in [5.74, 6) is -3.16. The predicted octanol–water partition coefficient (Wildman–Crippen LogP) is 5.59. The van der Waals surface area contributed by atoms with Gasteiger partial charge in [0, 0.05) is 29.8 Å². The number of carbonyl (C=O) groups excluding carboxylic acids is 4. The molecule has 5 heterocycles. The summed E-state index contributed by atoms with van der Waals surface area (Å²) in [5.41, 5.74) is 8.52. The van der Waals surface area contributed by atoms with Crippen molar-refractivity contribution in [1.82, 2.24) is 5.32 Å². The van der Waals surface area contributed by atoms with Crippen molar-refractivity contribution in [2.75, 3.05) is 28.4 Å². The predicted molar refractivity (Wildman–Crippen MR) is 201 cm³/mol. The van der Waals surface area contributed by atoms with E-state index in [1.165, 1.54) is 28.4 Å². The third-order valence-corrected chi connectivity index (χ3v) is 10.8. The molecule has 2 N–H and O–H groups in total. The zero-order valence-electron chi connectivity index (χ0n) is 31.5. The molecule has 8 bridgehead atoms. The van der Waals surface area contributed by atoms with Crippen LogP contribution in [0.2, 0.25) is 0 Å². The summed E-state index contributed by atoms with van der Waals surface area (Å²) in [7, 11) is 5.21. The SMILES string of the molecule is COC(=O)CCC1=C(C)C2=NC1=CC1=NC(=CC3=NC(=C(C)/C3=C/O)C=C3NC(=C2)[C@@]2(C)C3=CC=C(C(=O)OC)[C@H]2C(=O)OC)C(C)=C1CCC(=O)OC. The van der Waals surface area contributed by atoms with E-state index < -0.39 is 23.3 Å². The number of carbonyl (C=O) groups is 4. The van der Waals surface area contributed by atoms with Crippen molar-refractivity contribution in [2.24, 2.45) is 26.3 Å². The highest BCUT2D eigenvalue weighted by atomic mass is 16.5. The van der Waals surface area contributed by atoms with E-state index in [0.29, 0.717) is 75.2 Å². The molecule has 6 rings (SSSR count). The fourth-order valence-electron chi connectivity index (χ4n) is 7.62. The fourth-order valence-corrected chi connectivity index (χ4v) is 7.62. The van der Waals surface area contributed by atoms with Crippen LogP contribution in [0.5, 0.6) is 0 Å². The molecule has 0 spiro atoms. The largest absolute Gasteiger partial charge is 0.515 e. The molecule has 0 aromatic rings. The maximum absolute atomic E-state index is 13.7. The number of nitrogens with one attached hydrogen (secondary N) is 1. The van der Waals surface area contributed by atoms with Crippen molar-refractivity contribution in [3.63, 3.8) is 0 Å². The summed E-state index contributed by atoms with van der Waals surface area (Å²) in [5, 5.41) is 14.0. The van der Waals surface area contributed by atoms with E-state index in [1.807, 2.05) is 45.9 Å². The minimum Gasteiger partial charge on any atom is -0.515 e. The van der Waals surface area contributed by atoms with Gasteiger partial charge in [-0.15, -0.1) is 0 Å². The molecule has 0 aromatic carbocycles. The Kier molecular flexibility index (Phi) is 10.3. The Hall–Kier alpha value is -6.11. The van der Waals surface area contributed by atoms with Gasteiger partial charge in [0.05, 0.1) is 79.9 Å². The van der Waals surface area contributed by atoms with Crippen LogP contribution >= 0.6 is 0 Å². The van der Waals surface area contributed by atoms with Crippen LogP contribution in [0.3, 0.4) is 0 Å². The Morgan fingerprint density at radius 2 is 1.41 bits per heavy atom. The van der Waals surface area contributed by atoms with Crippen LogP contribution < -0.4 is 5.32 Å². The highest BCUT2D eigenvalue weighted by molar-refractivity contribution is 6.19. The third kappa shape index (κ3) is 6.33. The number of rotatable bonds is 8. The van der Waals surface area contributed by atoms with Gasteiger partial charge in [0.2, 0.25) is 0 Å². The molecule has 54 heavy (non-hydrogen) atoms. The van der Waals surface area contributed by atoms with E-state index in [1.54, 1.807) is 18.2 Å². The van der Waals surface area contributed by atoms with Gasteiger partial charge in [-0.1, -0.05) is 12.2 Å². The summed E-state index contributed by atoms with van der Waals surface area (Å²) in [6.07, 6.45) is 12.6. The molecule has 13 nitrogen and oxygen atoms in total. The standard InChI is InChI=1S/C41H42N4O9/c1-20-23(10-13-36(47)51-5)31-17-32-24(11-14-37(48)52-6)21(2)30(44-32)18-35-41(4)27(12-9-25(39(49)53-7)38(41)40(50)54-8)34(45-35)16-29-22(3)26(19-46)33(43-29)15-28(20)42-31/h9,12,15-19,38,45-46H,10-11,13-14H2,1-8H3/b26-19-,28-15?,32-17?,34-16?,35-18?/t38-,41+/m0/s1. The minimum atomic E-state index is -1.17. The Morgan fingerprint density at radius 1 is 0.759 bits per heavy atom. The molecule has 0 aromatic heterocycles. The number of allylic oxidation sites excluding steroid dienone is 14. The highest BCUT2D eigenvalue weighted by Gasteiger charge is 2.55. The molecule has 1 saturated heterocycles. The molecule has 2 atom stereocenters. The quantitative estimate of drug-likeness (QED) is 0.182. The second-order valence-corrected chi connectivity index (χ2v) is 13.6. The van der Waals surface area contributed by atoms with Gasteiger partial charge in [0.25, 0.3) is 0 Å². The smallest absolute Gasteiger partial charge is 0.334 e. The number of methoxy groups -OCH3 is 4. The normalized spacial score (nSPS) is 23.6. The molecule has 5 aliphatic heterocycles. The van der Waals surface area contributed by atoms with Gasteiger partial charge in [-0.25, -0.2) is 19.8 Å². The lowest BCUT2D eigenvalue weighted by Gasteiger charge is -2.36. The topological polar surface area (TPSA) is 175 Å². The second-order valence-electron chi connectivity index (χ2n) is 13.6. The Balaban J connectivity index is 1.65. The lowest BCUT2D eigenvalue weighted by Crippen LogP contribution is -2.41. The van der Waals surface area contributed by atoms with E-state index in [0.717, 1.165) is 28.6 Å². The molecule has 280 valence electrons. The van der Waals surface area contributed by atoms with Crippen LogP contribution in [0.4, 0.5) is 0 Å². The maximum atomic E-state index is 13.7. The van der Waals surface area contributed by atoms with Gasteiger partial charge >= 0.3 is 23.9 Å². The zero-order chi connectivity index (χ0) is 39.1. The average Bonchev–Trinajstić information content (AvgIpc) is 3.82. The first-order valence-electron chi connectivity index (χ1n) is 17.4. The molecule has 0 saturated carbocycles. The number of ether oxygens (including phenoxy) is 4. The number of hydrogen-bond donors (Lipinski definition) is 2. The van der Waals surface area contributed by atoms with Crippen LogP contribution in [-0.4, -0.2) is 74.6 Å². The van der Waals surface area contributed by atoms with Crippen molar-refractivity contribution in [2.45, 2.75) is 53.4 Å². The Morgan fingerprint density at radius 3 is 2.04 bits per heavy atom. The van der Waals surface area contributed by atoms with Crippen LogP contribution in [0.15, 0.2) is 131 Å². The zero-order valence-corrected chi connectivity index (χ0v) is 31.5. The van der Waals surface area contributed by atoms with Gasteiger partial charge in [0.15, 0.2) is 0 Å². The summed E-state index contributed by atoms with van der Waals surface area (Å²) in [6, 6.07) is 0. The van der Waals surface area contributed by atoms with Crippen molar-refractivity contribution >= 4 is 41.0 Å². The van der Waals surface area contributed by atoms with E-state index in [2.05, 4.69) is 5.32 Å². The monoisotopic (exact) mass is 734 g/mol. The molecular weight excluding hydrogens is 692 g/mol. The van der Waals surface area contributed by atoms with Crippen molar-refractivity contribution < 1.29 is 43.2 Å². The fraction of sp³-hybridized carbons (Fsp3) is 0.341. The number of esters is 4. The summed E-state index contributed by atoms with van der Waals surface area (Å²) < 4.78 is 20.3. The van der Waals surface area contributed by atoms with Gasteiger partial charge in [0.1, 0.15) is 5.92 Å². The van der Waals surface area contributed by atoms with Gasteiger partial charge in [-0.05, 0) is 98.3 Å². The van der Waals surface area contributed by atoms with Crippen molar-refractivity contribution in [1.29, 1.82) is 0 Å². The minimum absolute atomic E-state index is 0.0968. The molecule has 0 radical (unpaired) electrons. The van der Waals surface area contributed by atoms with Crippen molar-refractivity contribution in [3.8, 4) is 0 Å². The number of aliphatic imine (C=N–C) groups is 3. The molecule has 0 unspecified atom stereocenters. The molecule has 1 fully saturated rings. The molecule has 13 heteroatoms. The Bertz CT molecular complexity index is 2210. The lowest BCUT2D eigenvalue weighted by molar-refractivity contribution is -0.150. The lowest BCUT2D eigenvalue weighted by atomic mass is 9.64. The van der Waals surface area contributed by atoms with Crippen molar-refractivity contribution in [3.05, 3.63) is 116 Å². The molecule has 6 aliphatic rings. The molecule has 0 amide bonds. The number of aliphatic hydroxyl groups excluding tert-OH is 1. The van der Waals surface area contributed by atoms with E-state index in [4.69, 9.17) is 33.9 Å². The van der Waals surface area contributed by atoms with Crippen LogP contribution in [0.25, 0.3) is 0 Å². The third-order valence-electron chi connectivity index (χ3n) is 10.8. The Labute approximate surface area is 313 Å². The first kappa shape index (κ1) is 37.6. The van der Waals surface area contributed by atoms with E-state index in [-0.39, 0.29) is 30.4 Å². The number of nitrogens with zero attached hydrogens (tertiary/aromatic N) is 3. The van der Waals surface area contributed by atoms with E-state index in [9.17, 15) is 24.3 Å². The summed E-state index contributed by atoms with van der Waals surface area (Å²) in [6.45, 7) is 7.53. The summed E-state index contributed by atoms with van der Waals surface area (Å²) in [4.78, 5) is 66.5. The van der Waals surface area contributed by atoms with Gasteiger partial charge < -0.3 is 29.4 Å². The van der Waals surface area contributed by atoms with Crippen LogP contribution in [0, 0.1) is 11.3 Å². The highest BCUT2D eigenvalue weighted by Crippen LogP contribution is 2.55. The maximum Gasteiger partial charge on any atom is 0.334 e. The number of hydrogen-bond acceptors (Lipinski definition) is 13. The van der Waals surface area contributed by atoms with E-state index >= 15 is 0 Å². The second kappa shape index (κ2) is 14.7. The van der Waals surface area contributed by atoms with Gasteiger partial charge in [-0.3, -0.25) is 14.4 Å². The summed E-state index contributed by atoms with van der Waals surface area (Å²) >= 11 is 0.